The fourth-order valence-corrected chi connectivity index (χ4v) is 3.85. The predicted octanol–water partition coefficient (Wildman–Crippen LogP) is 2.66. The van der Waals surface area contributed by atoms with Gasteiger partial charge in [0.25, 0.3) is 0 Å². The van der Waals surface area contributed by atoms with Gasteiger partial charge < -0.3 is 9.88 Å². The topological polar surface area (TPSA) is 63.1 Å². The van der Waals surface area contributed by atoms with Gasteiger partial charge in [-0.2, -0.15) is 0 Å². The summed E-state index contributed by atoms with van der Waals surface area (Å²) in [7, 11) is 0. The van der Waals surface area contributed by atoms with Gasteiger partial charge in [-0.05, 0) is 23.8 Å². The molecule has 168 valence electrons. The van der Waals surface area contributed by atoms with Crippen molar-refractivity contribution in [2.24, 2.45) is 0 Å². The van der Waals surface area contributed by atoms with Crippen molar-refractivity contribution in [2.75, 3.05) is 19.6 Å². The van der Waals surface area contributed by atoms with Crippen molar-refractivity contribution in [3.8, 4) is 0 Å². The van der Waals surface area contributed by atoms with Crippen molar-refractivity contribution >= 4 is 5.91 Å². The number of amides is 1. The fraction of sp³-hybridized carbons (Fsp3) is 0.348. The van der Waals surface area contributed by atoms with Crippen LogP contribution in [0.3, 0.4) is 0 Å². The quantitative estimate of drug-likeness (QED) is 0.610. The first kappa shape index (κ1) is 22.0. The SMILES string of the molecule is O=C(Cc1ccc(F)cc1)NCCc1nnc2n1CCN(Cc1cccc(F)c1F)CC2. The molecule has 0 aliphatic carbocycles. The largest absolute Gasteiger partial charge is 0.355 e. The maximum Gasteiger partial charge on any atom is 0.224 e. The molecule has 4 rings (SSSR count). The molecule has 1 aliphatic rings. The normalized spacial score (nSPS) is 14.1. The Morgan fingerprint density at radius 3 is 2.62 bits per heavy atom. The van der Waals surface area contributed by atoms with Gasteiger partial charge in [0.05, 0.1) is 6.42 Å². The predicted molar refractivity (Wildman–Crippen MR) is 112 cm³/mol. The summed E-state index contributed by atoms with van der Waals surface area (Å²) < 4.78 is 42.5. The first-order chi connectivity index (χ1) is 15.5. The van der Waals surface area contributed by atoms with Gasteiger partial charge in [0.15, 0.2) is 11.6 Å². The molecule has 0 radical (unpaired) electrons. The zero-order chi connectivity index (χ0) is 22.5. The maximum absolute atomic E-state index is 14.0. The Bertz CT molecular complexity index is 1080. The molecule has 0 atom stereocenters. The van der Waals surface area contributed by atoms with Gasteiger partial charge in [0.2, 0.25) is 5.91 Å². The summed E-state index contributed by atoms with van der Waals surface area (Å²) in [5, 5.41) is 11.4. The lowest BCUT2D eigenvalue weighted by molar-refractivity contribution is -0.120. The Morgan fingerprint density at radius 1 is 1.00 bits per heavy atom. The number of carbonyl (C=O) groups excluding carboxylic acids is 1. The highest BCUT2D eigenvalue weighted by molar-refractivity contribution is 5.78. The number of rotatable bonds is 7. The van der Waals surface area contributed by atoms with Crippen LogP contribution in [0.4, 0.5) is 13.2 Å². The molecule has 32 heavy (non-hydrogen) atoms. The molecule has 1 amide bonds. The van der Waals surface area contributed by atoms with E-state index >= 15 is 0 Å². The molecule has 0 saturated carbocycles. The number of hydrogen-bond donors (Lipinski definition) is 1. The minimum Gasteiger partial charge on any atom is -0.355 e. The van der Waals surface area contributed by atoms with Crippen molar-refractivity contribution in [1.29, 1.82) is 0 Å². The van der Waals surface area contributed by atoms with Crippen molar-refractivity contribution in [2.45, 2.75) is 32.4 Å². The van der Waals surface area contributed by atoms with Crippen LogP contribution in [0.15, 0.2) is 42.5 Å². The molecule has 2 heterocycles. The van der Waals surface area contributed by atoms with E-state index in [4.69, 9.17) is 0 Å². The lowest BCUT2D eigenvalue weighted by Crippen LogP contribution is -2.29. The molecule has 1 aromatic heterocycles. The standard InChI is InChI=1S/C23H24F3N5O/c24-18-6-4-16(5-7-18)14-22(32)27-10-8-20-28-29-21-9-11-30(12-13-31(20)21)15-17-2-1-3-19(25)23(17)26/h1-7H,8-15H2,(H,27,32). The van der Waals surface area contributed by atoms with Crippen LogP contribution < -0.4 is 5.32 Å². The highest BCUT2D eigenvalue weighted by atomic mass is 19.2. The molecule has 2 aromatic carbocycles. The Labute approximate surface area is 184 Å². The number of nitrogens with one attached hydrogen (secondary N) is 1. The third-order valence-corrected chi connectivity index (χ3v) is 5.57. The molecular weight excluding hydrogens is 419 g/mol. The summed E-state index contributed by atoms with van der Waals surface area (Å²) in [5.74, 6) is -0.482. The molecule has 0 saturated heterocycles. The Balaban J connectivity index is 1.29. The van der Waals surface area contributed by atoms with Crippen LogP contribution in [0.5, 0.6) is 0 Å². The second-order valence-corrected chi connectivity index (χ2v) is 7.83. The lowest BCUT2D eigenvalue weighted by atomic mass is 10.1. The molecule has 1 N–H and O–H groups in total. The summed E-state index contributed by atoms with van der Waals surface area (Å²) >= 11 is 0. The van der Waals surface area contributed by atoms with E-state index in [1.165, 1.54) is 18.2 Å². The smallest absolute Gasteiger partial charge is 0.224 e. The first-order valence-electron chi connectivity index (χ1n) is 10.6. The van der Waals surface area contributed by atoms with E-state index in [0.29, 0.717) is 51.1 Å². The summed E-state index contributed by atoms with van der Waals surface area (Å²) in [6, 6.07) is 10.1. The number of benzene rings is 2. The second kappa shape index (κ2) is 9.95. The molecule has 3 aromatic rings. The number of nitrogens with zero attached hydrogens (tertiary/aromatic N) is 4. The third-order valence-electron chi connectivity index (χ3n) is 5.57. The summed E-state index contributed by atoms with van der Waals surface area (Å²) in [4.78, 5) is 14.2. The molecule has 0 unspecified atom stereocenters. The highest BCUT2D eigenvalue weighted by Gasteiger charge is 2.20. The van der Waals surface area contributed by atoms with Gasteiger partial charge in [0, 0.05) is 51.1 Å². The van der Waals surface area contributed by atoms with E-state index in [1.54, 1.807) is 18.2 Å². The van der Waals surface area contributed by atoms with E-state index in [2.05, 4.69) is 20.4 Å². The minimum atomic E-state index is -0.835. The number of fused-ring (bicyclic) bond motifs is 1. The Morgan fingerprint density at radius 2 is 1.81 bits per heavy atom. The minimum absolute atomic E-state index is 0.143. The average Bonchev–Trinajstić information content (AvgIpc) is 3.05. The Kier molecular flexibility index (Phi) is 6.84. The van der Waals surface area contributed by atoms with Gasteiger partial charge in [-0.1, -0.05) is 24.3 Å². The van der Waals surface area contributed by atoms with Crippen LogP contribution in [-0.4, -0.2) is 45.2 Å². The number of aromatic nitrogens is 3. The molecule has 9 heteroatoms. The summed E-state index contributed by atoms with van der Waals surface area (Å²) in [5.41, 5.74) is 1.09. The molecule has 0 spiro atoms. The molecule has 0 fully saturated rings. The van der Waals surface area contributed by atoms with E-state index in [9.17, 15) is 18.0 Å². The van der Waals surface area contributed by atoms with Crippen molar-refractivity contribution in [3.05, 3.63) is 82.7 Å². The highest BCUT2D eigenvalue weighted by Crippen LogP contribution is 2.16. The van der Waals surface area contributed by atoms with Crippen LogP contribution in [-0.2, 0) is 37.1 Å². The third kappa shape index (κ3) is 5.34. The van der Waals surface area contributed by atoms with Crippen molar-refractivity contribution in [1.82, 2.24) is 25.0 Å². The van der Waals surface area contributed by atoms with Crippen LogP contribution in [0.1, 0.15) is 22.8 Å². The molecule has 6 nitrogen and oxygen atoms in total. The molecular formula is C23H24F3N5O. The van der Waals surface area contributed by atoms with E-state index < -0.39 is 11.6 Å². The van der Waals surface area contributed by atoms with Gasteiger partial charge in [-0.25, -0.2) is 13.2 Å². The molecule has 0 bridgehead atoms. The second-order valence-electron chi connectivity index (χ2n) is 7.83. The van der Waals surface area contributed by atoms with Crippen molar-refractivity contribution < 1.29 is 18.0 Å². The van der Waals surface area contributed by atoms with Gasteiger partial charge in [0.1, 0.15) is 17.5 Å². The van der Waals surface area contributed by atoms with E-state index in [-0.39, 0.29) is 18.1 Å². The summed E-state index contributed by atoms with van der Waals surface area (Å²) in [6.07, 6.45) is 1.37. The van der Waals surface area contributed by atoms with Crippen molar-refractivity contribution in [3.63, 3.8) is 0 Å². The van der Waals surface area contributed by atoms with Crippen LogP contribution >= 0.6 is 0 Å². The average molecular weight is 443 g/mol. The fourth-order valence-electron chi connectivity index (χ4n) is 3.85. The lowest BCUT2D eigenvalue weighted by Gasteiger charge is -2.20. The maximum atomic E-state index is 14.0. The van der Waals surface area contributed by atoms with Gasteiger partial charge in [-0.15, -0.1) is 10.2 Å². The van der Waals surface area contributed by atoms with Crippen LogP contribution in [0.2, 0.25) is 0 Å². The van der Waals surface area contributed by atoms with E-state index in [0.717, 1.165) is 23.3 Å². The zero-order valence-corrected chi connectivity index (χ0v) is 17.5. The van der Waals surface area contributed by atoms with Gasteiger partial charge in [-0.3, -0.25) is 9.69 Å². The van der Waals surface area contributed by atoms with Crippen LogP contribution in [0.25, 0.3) is 0 Å². The summed E-state index contributed by atoms with van der Waals surface area (Å²) in [6.45, 7) is 2.71. The van der Waals surface area contributed by atoms with Gasteiger partial charge >= 0.3 is 0 Å². The number of carbonyl (C=O) groups is 1. The Hall–Kier alpha value is -3.20. The molecule has 1 aliphatic heterocycles. The zero-order valence-electron chi connectivity index (χ0n) is 17.5. The monoisotopic (exact) mass is 443 g/mol. The van der Waals surface area contributed by atoms with Crippen LogP contribution in [0, 0.1) is 17.5 Å². The number of hydrogen-bond acceptors (Lipinski definition) is 4. The number of halogens is 3. The first-order valence-corrected chi connectivity index (χ1v) is 10.6. The van der Waals surface area contributed by atoms with E-state index in [1.807, 2.05) is 4.57 Å².